The molecule has 0 radical (unpaired) electrons. The first kappa shape index (κ1) is 19.2. The zero-order chi connectivity index (χ0) is 18.4. The molecule has 2 aromatic carbocycles. The summed E-state index contributed by atoms with van der Waals surface area (Å²) < 4.78 is 24.2. The van der Waals surface area contributed by atoms with Crippen molar-refractivity contribution in [2.75, 3.05) is 5.75 Å². The second kappa shape index (κ2) is 8.33. The van der Waals surface area contributed by atoms with Gasteiger partial charge in [-0.05, 0) is 36.4 Å². The van der Waals surface area contributed by atoms with Gasteiger partial charge in [0.2, 0.25) is 5.91 Å². The van der Waals surface area contributed by atoms with E-state index in [-0.39, 0.29) is 21.9 Å². The van der Waals surface area contributed by atoms with Crippen molar-refractivity contribution in [2.45, 2.75) is 11.3 Å². The Kier molecular flexibility index (Phi) is 6.41. The molecule has 2 amide bonds. The Labute approximate surface area is 155 Å². The molecule has 0 bridgehead atoms. The van der Waals surface area contributed by atoms with Gasteiger partial charge in [-0.2, -0.15) is 0 Å². The number of hydrogen-bond donors (Lipinski definition) is 2. The molecule has 9 heteroatoms. The highest BCUT2D eigenvalue weighted by molar-refractivity contribution is 7.91. The molecule has 0 aliphatic heterocycles. The number of carbonyl (C=O) groups is 2. The van der Waals surface area contributed by atoms with Crippen molar-refractivity contribution < 1.29 is 18.0 Å². The van der Waals surface area contributed by atoms with Crippen LogP contribution in [0.25, 0.3) is 0 Å². The molecule has 2 rings (SSSR count). The normalized spacial score (nSPS) is 11.0. The quantitative estimate of drug-likeness (QED) is 0.754. The van der Waals surface area contributed by atoms with Crippen LogP contribution in [0.4, 0.5) is 0 Å². The van der Waals surface area contributed by atoms with Crippen molar-refractivity contribution >= 4 is 44.9 Å². The summed E-state index contributed by atoms with van der Waals surface area (Å²) >= 11 is 11.6. The Morgan fingerprint density at radius 3 is 2.20 bits per heavy atom. The van der Waals surface area contributed by atoms with E-state index in [1.54, 1.807) is 12.1 Å². The second-order valence-corrected chi connectivity index (χ2v) is 7.96. The highest BCUT2D eigenvalue weighted by Crippen LogP contribution is 2.16. The summed E-state index contributed by atoms with van der Waals surface area (Å²) in [5.41, 5.74) is 4.54. The first-order valence-corrected chi connectivity index (χ1v) is 9.52. The number of halogens is 2. The van der Waals surface area contributed by atoms with Gasteiger partial charge in [-0.15, -0.1) is 0 Å². The van der Waals surface area contributed by atoms with Gasteiger partial charge in [0.05, 0.1) is 21.2 Å². The third-order valence-corrected chi connectivity index (χ3v) is 5.52. The zero-order valence-electron chi connectivity index (χ0n) is 12.8. The lowest BCUT2D eigenvalue weighted by Gasteiger charge is -2.09. The van der Waals surface area contributed by atoms with E-state index in [2.05, 4.69) is 10.9 Å². The lowest BCUT2D eigenvalue weighted by Crippen LogP contribution is -2.42. The van der Waals surface area contributed by atoms with Crippen LogP contribution in [-0.2, 0) is 14.6 Å². The Bertz CT molecular complexity index is 883. The van der Waals surface area contributed by atoms with Crippen LogP contribution in [0.5, 0.6) is 0 Å². The summed E-state index contributed by atoms with van der Waals surface area (Å²) in [4.78, 5) is 23.7. The smallest absolute Gasteiger partial charge is 0.271 e. The lowest BCUT2D eigenvalue weighted by molar-refractivity contribution is -0.121. The summed E-state index contributed by atoms with van der Waals surface area (Å²) in [5, 5.41) is 0.651. The predicted molar refractivity (Wildman–Crippen MR) is 95.2 cm³/mol. The summed E-state index contributed by atoms with van der Waals surface area (Å²) in [6.45, 7) is 0. The van der Waals surface area contributed by atoms with Crippen molar-refractivity contribution in [3.8, 4) is 0 Å². The van der Waals surface area contributed by atoms with E-state index in [1.165, 1.54) is 36.4 Å². The fourth-order valence-corrected chi connectivity index (χ4v) is 3.48. The van der Waals surface area contributed by atoms with E-state index >= 15 is 0 Å². The van der Waals surface area contributed by atoms with Crippen LogP contribution in [-0.4, -0.2) is 26.0 Å². The molecule has 0 spiro atoms. The van der Waals surface area contributed by atoms with Crippen molar-refractivity contribution in [1.29, 1.82) is 0 Å². The molecule has 0 heterocycles. The minimum atomic E-state index is -3.62. The maximum Gasteiger partial charge on any atom is 0.271 e. The highest BCUT2D eigenvalue weighted by atomic mass is 35.5. The molecule has 0 atom stereocenters. The van der Waals surface area contributed by atoms with Gasteiger partial charge in [-0.1, -0.05) is 35.3 Å². The van der Waals surface area contributed by atoms with E-state index in [4.69, 9.17) is 23.2 Å². The molecule has 25 heavy (non-hydrogen) atoms. The Morgan fingerprint density at radius 2 is 1.56 bits per heavy atom. The van der Waals surface area contributed by atoms with Gasteiger partial charge in [-0.25, -0.2) is 8.42 Å². The number of rotatable bonds is 5. The van der Waals surface area contributed by atoms with Crippen LogP contribution in [0.1, 0.15) is 16.8 Å². The Hall–Kier alpha value is -2.09. The largest absolute Gasteiger partial charge is 0.273 e. The van der Waals surface area contributed by atoms with Gasteiger partial charge >= 0.3 is 0 Å². The van der Waals surface area contributed by atoms with Crippen LogP contribution in [0.15, 0.2) is 53.4 Å². The number of sulfone groups is 1. The SMILES string of the molecule is O=C(CCS(=O)(=O)c1ccc(Cl)cc1)NNC(=O)c1ccccc1Cl. The summed E-state index contributed by atoms with van der Waals surface area (Å²) in [6, 6.07) is 12.0. The molecule has 0 saturated heterocycles. The fourth-order valence-electron chi connectivity index (χ4n) is 1.89. The number of carbonyl (C=O) groups excluding carboxylic acids is 2. The van der Waals surface area contributed by atoms with Crippen LogP contribution in [0, 0.1) is 0 Å². The molecule has 0 saturated carbocycles. The molecule has 2 aromatic rings. The lowest BCUT2D eigenvalue weighted by atomic mass is 10.2. The van der Waals surface area contributed by atoms with Crippen molar-refractivity contribution in [3.05, 3.63) is 64.1 Å². The first-order valence-electron chi connectivity index (χ1n) is 7.11. The highest BCUT2D eigenvalue weighted by Gasteiger charge is 2.17. The van der Waals surface area contributed by atoms with Crippen LogP contribution in [0.3, 0.4) is 0 Å². The van der Waals surface area contributed by atoms with Gasteiger partial charge in [0.15, 0.2) is 9.84 Å². The monoisotopic (exact) mass is 400 g/mol. The van der Waals surface area contributed by atoms with E-state index < -0.39 is 27.4 Å². The summed E-state index contributed by atoms with van der Waals surface area (Å²) in [5.74, 6) is -1.64. The number of hydrogen-bond acceptors (Lipinski definition) is 4. The van der Waals surface area contributed by atoms with Crippen molar-refractivity contribution in [1.82, 2.24) is 10.9 Å². The van der Waals surface area contributed by atoms with Crippen molar-refractivity contribution in [2.24, 2.45) is 0 Å². The minimum absolute atomic E-state index is 0.0739. The van der Waals surface area contributed by atoms with Gasteiger partial charge in [0.25, 0.3) is 5.91 Å². The summed E-state index contributed by atoms with van der Waals surface area (Å²) in [7, 11) is -3.62. The van der Waals surface area contributed by atoms with Gasteiger partial charge in [0, 0.05) is 11.4 Å². The minimum Gasteiger partial charge on any atom is -0.273 e. The van der Waals surface area contributed by atoms with E-state index in [0.717, 1.165) is 0 Å². The average molecular weight is 401 g/mol. The standard InChI is InChI=1S/C16H14Cl2N2O4S/c17-11-5-7-12(8-6-11)25(23,24)10-9-15(21)19-20-16(22)13-3-1-2-4-14(13)18/h1-8H,9-10H2,(H,19,21)(H,20,22). The van der Waals surface area contributed by atoms with E-state index in [0.29, 0.717) is 5.02 Å². The van der Waals surface area contributed by atoms with E-state index in [9.17, 15) is 18.0 Å². The van der Waals surface area contributed by atoms with Crippen molar-refractivity contribution in [3.63, 3.8) is 0 Å². The third kappa shape index (κ3) is 5.45. The maximum atomic E-state index is 12.1. The molecule has 132 valence electrons. The van der Waals surface area contributed by atoms with Gasteiger partial charge in [0.1, 0.15) is 0 Å². The Balaban J connectivity index is 1.87. The number of benzene rings is 2. The third-order valence-electron chi connectivity index (χ3n) is 3.20. The van der Waals surface area contributed by atoms with Gasteiger partial charge < -0.3 is 0 Å². The molecule has 0 aliphatic rings. The molecule has 0 aromatic heterocycles. The first-order chi connectivity index (χ1) is 11.8. The van der Waals surface area contributed by atoms with Gasteiger partial charge in [-0.3, -0.25) is 20.4 Å². The number of hydrazine groups is 1. The summed E-state index contributed by atoms with van der Waals surface area (Å²) in [6.07, 6.45) is -0.312. The van der Waals surface area contributed by atoms with Crippen LogP contribution < -0.4 is 10.9 Å². The molecule has 0 aliphatic carbocycles. The average Bonchev–Trinajstić information content (AvgIpc) is 2.59. The van der Waals surface area contributed by atoms with E-state index in [1.807, 2.05) is 0 Å². The Morgan fingerprint density at radius 1 is 0.920 bits per heavy atom. The second-order valence-electron chi connectivity index (χ2n) is 5.00. The molecule has 0 fully saturated rings. The predicted octanol–water partition coefficient (Wildman–Crippen LogP) is 2.62. The van der Waals surface area contributed by atoms with Crippen LogP contribution in [0.2, 0.25) is 10.0 Å². The zero-order valence-corrected chi connectivity index (χ0v) is 15.2. The fraction of sp³-hybridized carbons (Fsp3) is 0.125. The molecule has 0 unspecified atom stereocenters. The molecule has 6 nitrogen and oxygen atoms in total. The maximum absolute atomic E-state index is 12.1. The topological polar surface area (TPSA) is 92.3 Å². The molecule has 2 N–H and O–H groups in total. The number of amides is 2. The molecular weight excluding hydrogens is 387 g/mol. The molecular formula is C16H14Cl2N2O4S. The van der Waals surface area contributed by atoms with Crippen LogP contribution >= 0.6 is 23.2 Å². The number of nitrogens with one attached hydrogen (secondary N) is 2.